The Hall–Kier alpha value is -0.885. The molecule has 1 aromatic carbocycles. The highest BCUT2D eigenvalue weighted by atomic mass is 32.2. The quantitative estimate of drug-likeness (QED) is 0.762. The van der Waals surface area contributed by atoms with Crippen LogP contribution in [0.3, 0.4) is 0 Å². The number of nitrogens with zero attached hydrogens (tertiary/aromatic N) is 1. The Labute approximate surface area is 140 Å². The van der Waals surface area contributed by atoms with Gasteiger partial charge in [0.05, 0.1) is 17.5 Å². The Kier molecular flexibility index (Phi) is 4.98. The van der Waals surface area contributed by atoms with Gasteiger partial charge in [0.1, 0.15) is 0 Å². The van der Waals surface area contributed by atoms with E-state index in [0.29, 0.717) is 13.0 Å². The van der Waals surface area contributed by atoms with Crippen molar-refractivity contribution >= 4 is 22.6 Å². The van der Waals surface area contributed by atoms with E-state index in [1.165, 1.54) is 10.6 Å². The lowest BCUT2D eigenvalue weighted by Gasteiger charge is -2.32. The van der Waals surface area contributed by atoms with Crippen molar-refractivity contribution in [3.63, 3.8) is 0 Å². The summed E-state index contributed by atoms with van der Waals surface area (Å²) >= 11 is 0. The maximum absolute atomic E-state index is 11.4. The zero-order valence-corrected chi connectivity index (χ0v) is 15.6. The fourth-order valence-electron chi connectivity index (χ4n) is 2.27. The van der Waals surface area contributed by atoms with Crippen LogP contribution < -0.4 is 5.46 Å². The van der Waals surface area contributed by atoms with Gasteiger partial charge in [0.25, 0.3) is 0 Å². The van der Waals surface area contributed by atoms with Gasteiger partial charge in [-0.1, -0.05) is 24.3 Å². The maximum atomic E-state index is 11.4. The molecule has 0 amide bonds. The maximum Gasteiger partial charge on any atom is 0.494 e. The second kappa shape index (κ2) is 6.20. The van der Waals surface area contributed by atoms with E-state index in [1.807, 2.05) is 52.0 Å². The fourth-order valence-corrected chi connectivity index (χ4v) is 2.70. The predicted molar refractivity (Wildman–Crippen MR) is 93.3 cm³/mol. The van der Waals surface area contributed by atoms with Gasteiger partial charge in [-0.05, 0) is 45.1 Å². The standard InChI is InChI=1S/C16H26BNO4S/c1-15(2)16(3,4)22-17(21-15)14-9-7-13(8-10-14)11-12-18(5)23(6,19)20/h7-10H,11-12H2,1-6H3. The average molecular weight is 339 g/mol. The molecule has 5 nitrogen and oxygen atoms in total. The van der Waals surface area contributed by atoms with E-state index in [0.717, 1.165) is 11.0 Å². The molecule has 0 radical (unpaired) electrons. The van der Waals surface area contributed by atoms with E-state index in [2.05, 4.69) is 0 Å². The van der Waals surface area contributed by atoms with Gasteiger partial charge in [0.2, 0.25) is 10.0 Å². The SMILES string of the molecule is CN(CCc1ccc(B2OC(C)(C)C(C)(C)O2)cc1)S(C)(=O)=O. The van der Waals surface area contributed by atoms with E-state index < -0.39 is 10.0 Å². The second-order valence-electron chi connectivity index (χ2n) is 7.16. The summed E-state index contributed by atoms with van der Waals surface area (Å²) < 4.78 is 36.2. The first-order chi connectivity index (χ1) is 10.4. The zero-order valence-electron chi connectivity index (χ0n) is 14.8. The van der Waals surface area contributed by atoms with Gasteiger partial charge < -0.3 is 9.31 Å². The largest absolute Gasteiger partial charge is 0.494 e. The molecule has 0 aromatic heterocycles. The van der Waals surface area contributed by atoms with Crippen LogP contribution in [-0.4, -0.2) is 50.9 Å². The minimum Gasteiger partial charge on any atom is -0.399 e. The molecule has 1 heterocycles. The highest BCUT2D eigenvalue weighted by Crippen LogP contribution is 2.36. The van der Waals surface area contributed by atoms with E-state index in [-0.39, 0.29) is 18.3 Å². The summed E-state index contributed by atoms with van der Waals surface area (Å²) in [5.74, 6) is 0. The highest BCUT2D eigenvalue weighted by molar-refractivity contribution is 7.88. The lowest BCUT2D eigenvalue weighted by molar-refractivity contribution is 0.00578. The fraction of sp³-hybridized carbons (Fsp3) is 0.625. The summed E-state index contributed by atoms with van der Waals surface area (Å²) in [5, 5.41) is 0. The van der Waals surface area contributed by atoms with Gasteiger partial charge in [-0.2, -0.15) is 0 Å². The van der Waals surface area contributed by atoms with Gasteiger partial charge in [0.15, 0.2) is 0 Å². The highest BCUT2D eigenvalue weighted by Gasteiger charge is 2.51. The first-order valence-electron chi connectivity index (χ1n) is 7.78. The van der Waals surface area contributed by atoms with Crippen LogP contribution in [-0.2, 0) is 25.8 Å². The van der Waals surface area contributed by atoms with E-state index >= 15 is 0 Å². The number of benzene rings is 1. The molecule has 1 saturated heterocycles. The minimum absolute atomic E-state index is 0.353. The normalized spacial score (nSPS) is 20.2. The number of sulfonamides is 1. The Morgan fingerprint density at radius 2 is 1.52 bits per heavy atom. The van der Waals surface area contributed by atoms with Crippen LogP contribution in [0.15, 0.2) is 24.3 Å². The van der Waals surface area contributed by atoms with E-state index in [4.69, 9.17) is 9.31 Å². The molecular weight excluding hydrogens is 313 g/mol. The van der Waals surface area contributed by atoms with Crippen LogP contribution in [0.4, 0.5) is 0 Å². The molecule has 0 atom stereocenters. The van der Waals surface area contributed by atoms with Crippen molar-refractivity contribution in [3.8, 4) is 0 Å². The first kappa shape index (κ1) is 18.5. The Bertz CT molecular complexity index is 639. The molecule has 23 heavy (non-hydrogen) atoms. The van der Waals surface area contributed by atoms with Crippen molar-refractivity contribution in [2.45, 2.75) is 45.3 Å². The number of hydrogen-bond donors (Lipinski definition) is 0. The van der Waals surface area contributed by atoms with Crippen molar-refractivity contribution in [2.24, 2.45) is 0 Å². The monoisotopic (exact) mass is 339 g/mol. The predicted octanol–water partition coefficient (Wildman–Crippen LogP) is 1.42. The van der Waals surface area contributed by atoms with Crippen LogP contribution >= 0.6 is 0 Å². The molecule has 1 aromatic rings. The topological polar surface area (TPSA) is 55.8 Å². The summed E-state index contributed by atoms with van der Waals surface area (Å²) in [4.78, 5) is 0. The molecule has 2 rings (SSSR count). The van der Waals surface area contributed by atoms with E-state index in [1.54, 1.807) is 7.05 Å². The van der Waals surface area contributed by atoms with Gasteiger partial charge in [-0.3, -0.25) is 0 Å². The Morgan fingerprint density at radius 3 is 1.96 bits per heavy atom. The third kappa shape index (κ3) is 4.15. The molecular formula is C16H26BNO4S. The molecule has 1 aliphatic rings. The van der Waals surface area contributed by atoms with E-state index in [9.17, 15) is 8.42 Å². The van der Waals surface area contributed by atoms with Crippen LogP contribution in [0.1, 0.15) is 33.3 Å². The molecule has 128 valence electrons. The molecule has 1 fully saturated rings. The zero-order chi connectivity index (χ0) is 17.5. The number of hydrogen-bond acceptors (Lipinski definition) is 4. The van der Waals surface area contributed by atoms with Crippen molar-refractivity contribution in [3.05, 3.63) is 29.8 Å². The minimum atomic E-state index is -3.13. The molecule has 0 N–H and O–H groups in total. The molecule has 0 aliphatic carbocycles. The van der Waals surface area contributed by atoms with Crippen molar-refractivity contribution in [1.82, 2.24) is 4.31 Å². The lowest BCUT2D eigenvalue weighted by Crippen LogP contribution is -2.41. The number of likely N-dealkylation sites (N-methyl/N-ethyl adjacent to an activating group) is 1. The summed E-state index contributed by atoms with van der Waals surface area (Å²) in [7, 11) is -1.90. The van der Waals surface area contributed by atoms with Crippen LogP contribution in [0.25, 0.3) is 0 Å². The summed E-state index contributed by atoms with van der Waals surface area (Å²) in [6.45, 7) is 8.59. The average Bonchev–Trinajstić information content (AvgIpc) is 2.64. The van der Waals surface area contributed by atoms with Crippen LogP contribution in [0.2, 0.25) is 0 Å². The molecule has 7 heteroatoms. The first-order valence-corrected chi connectivity index (χ1v) is 9.63. The lowest BCUT2D eigenvalue weighted by atomic mass is 9.79. The molecule has 0 saturated carbocycles. The smallest absolute Gasteiger partial charge is 0.399 e. The third-order valence-electron chi connectivity index (χ3n) is 4.79. The van der Waals surface area contributed by atoms with Crippen molar-refractivity contribution in [2.75, 3.05) is 19.8 Å². The Morgan fingerprint density at radius 1 is 1.04 bits per heavy atom. The van der Waals surface area contributed by atoms with Gasteiger partial charge in [-0.25, -0.2) is 12.7 Å². The molecule has 0 bridgehead atoms. The summed E-state index contributed by atoms with van der Waals surface area (Å²) in [6.07, 6.45) is 1.89. The van der Waals surface area contributed by atoms with Crippen molar-refractivity contribution < 1.29 is 17.7 Å². The van der Waals surface area contributed by atoms with Crippen LogP contribution in [0, 0.1) is 0 Å². The van der Waals surface area contributed by atoms with Gasteiger partial charge in [0, 0.05) is 13.6 Å². The second-order valence-corrected chi connectivity index (χ2v) is 9.25. The third-order valence-corrected chi connectivity index (χ3v) is 6.10. The molecule has 0 spiro atoms. The van der Waals surface area contributed by atoms with Crippen LogP contribution in [0.5, 0.6) is 0 Å². The van der Waals surface area contributed by atoms with Crippen molar-refractivity contribution in [1.29, 1.82) is 0 Å². The number of rotatable bonds is 5. The summed E-state index contributed by atoms with van der Waals surface area (Å²) in [6, 6.07) is 7.96. The molecule has 0 unspecified atom stereocenters. The van der Waals surface area contributed by atoms with Gasteiger partial charge in [-0.15, -0.1) is 0 Å². The van der Waals surface area contributed by atoms with Gasteiger partial charge >= 0.3 is 7.12 Å². The molecule has 1 aliphatic heterocycles. The Balaban J connectivity index is 2.01. The summed E-state index contributed by atoms with van der Waals surface area (Å²) in [5.41, 5.74) is 1.35.